The van der Waals surface area contributed by atoms with Crippen LogP contribution in [0.2, 0.25) is 0 Å². The van der Waals surface area contributed by atoms with Crippen molar-refractivity contribution in [2.45, 2.75) is 32.9 Å². The van der Waals surface area contributed by atoms with E-state index >= 15 is 0 Å². The number of hydrogen-bond donors (Lipinski definition) is 0. The summed E-state index contributed by atoms with van der Waals surface area (Å²) >= 11 is 0. The van der Waals surface area contributed by atoms with Crippen LogP contribution in [0.4, 0.5) is 0 Å². The molecule has 1 saturated heterocycles. The van der Waals surface area contributed by atoms with Crippen molar-refractivity contribution in [1.29, 1.82) is 0 Å². The van der Waals surface area contributed by atoms with E-state index in [1.54, 1.807) is 0 Å². The maximum atomic E-state index is 5.65. The van der Waals surface area contributed by atoms with Crippen LogP contribution in [0, 0.1) is 0 Å². The van der Waals surface area contributed by atoms with Crippen LogP contribution >= 0.6 is 0 Å². The lowest BCUT2D eigenvalue weighted by Crippen LogP contribution is -2.44. The van der Waals surface area contributed by atoms with Gasteiger partial charge < -0.3 is 9.47 Å². The van der Waals surface area contributed by atoms with Gasteiger partial charge in [0.1, 0.15) is 6.23 Å². The molecule has 13 heavy (non-hydrogen) atoms. The Morgan fingerprint density at radius 3 is 2.31 bits per heavy atom. The van der Waals surface area contributed by atoms with Gasteiger partial charge in [-0.2, -0.15) is 0 Å². The fourth-order valence-electron chi connectivity index (χ4n) is 1.66. The number of rotatable bonds is 5. The van der Waals surface area contributed by atoms with E-state index in [1.165, 1.54) is 12.8 Å². The van der Waals surface area contributed by atoms with Crippen LogP contribution < -0.4 is 0 Å². The van der Waals surface area contributed by atoms with Crippen LogP contribution in [0.1, 0.15) is 26.7 Å². The molecule has 0 saturated carbocycles. The largest absolute Gasteiger partial charge is 0.375 e. The first-order valence-electron chi connectivity index (χ1n) is 5.31. The van der Waals surface area contributed by atoms with Crippen molar-refractivity contribution in [3.05, 3.63) is 0 Å². The molecule has 3 heteroatoms. The van der Waals surface area contributed by atoms with E-state index in [9.17, 15) is 0 Å². The maximum Gasteiger partial charge on any atom is 0.134 e. The van der Waals surface area contributed by atoms with E-state index in [0.717, 1.165) is 32.9 Å². The minimum atomic E-state index is 0.202. The summed E-state index contributed by atoms with van der Waals surface area (Å²) < 4.78 is 11.0. The van der Waals surface area contributed by atoms with Crippen LogP contribution in [0.25, 0.3) is 0 Å². The van der Waals surface area contributed by atoms with Crippen molar-refractivity contribution in [2.24, 2.45) is 0 Å². The quantitative estimate of drug-likeness (QED) is 0.650. The molecular weight excluding hydrogens is 166 g/mol. The zero-order chi connectivity index (χ0) is 9.52. The highest BCUT2D eigenvalue weighted by molar-refractivity contribution is 4.64. The first-order chi connectivity index (χ1) is 6.38. The molecule has 1 aliphatic heterocycles. The molecule has 0 radical (unpaired) electrons. The molecule has 0 aromatic rings. The molecule has 0 spiro atoms. The van der Waals surface area contributed by atoms with Crippen LogP contribution in [-0.2, 0) is 9.47 Å². The Labute approximate surface area is 81.0 Å². The van der Waals surface area contributed by atoms with Gasteiger partial charge >= 0.3 is 0 Å². The molecule has 78 valence electrons. The molecule has 0 aliphatic carbocycles. The zero-order valence-corrected chi connectivity index (χ0v) is 8.79. The van der Waals surface area contributed by atoms with Crippen LogP contribution in [0.5, 0.6) is 0 Å². The highest BCUT2D eigenvalue weighted by Gasteiger charge is 2.20. The van der Waals surface area contributed by atoms with Crippen molar-refractivity contribution in [3.63, 3.8) is 0 Å². The molecule has 3 nitrogen and oxygen atoms in total. The van der Waals surface area contributed by atoms with Gasteiger partial charge in [0.05, 0.1) is 19.8 Å². The predicted molar refractivity (Wildman–Crippen MR) is 52.7 cm³/mol. The maximum absolute atomic E-state index is 5.65. The van der Waals surface area contributed by atoms with E-state index in [4.69, 9.17) is 9.47 Å². The summed E-state index contributed by atoms with van der Waals surface area (Å²) in [5.41, 5.74) is 0. The molecule has 0 bridgehead atoms. The van der Waals surface area contributed by atoms with Crippen molar-refractivity contribution < 1.29 is 9.47 Å². The molecule has 1 rings (SSSR count). The average Bonchev–Trinajstić information content (AvgIpc) is 2.19. The molecule has 0 amide bonds. The van der Waals surface area contributed by atoms with Crippen LogP contribution in [0.3, 0.4) is 0 Å². The van der Waals surface area contributed by atoms with Gasteiger partial charge in [-0.1, -0.05) is 13.8 Å². The highest BCUT2D eigenvalue weighted by Crippen LogP contribution is 2.08. The summed E-state index contributed by atoms with van der Waals surface area (Å²) in [6, 6.07) is 0. The molecule has 1 fully saturated rings. The molecule has 1 atom stereocenters. The number of hydrogen-bond acceptors (Lipinski definition) is 3. The SMILES string of the molecule is CCCN(CCC)C1COCCO1. The highest BCUT2D eigenvalue weighted by atomic mass is 16.6. The zero-order valence-electron chi connectivity index (χ0n) is 8.79. The van der Waals surface area contributed by atoms with Crippen LogP contribution in [0.15, 0.2) is 0 Å². The van der Waals surface area contributed by atoms with Gasteiger partial charge in [0.15, 0.2) is 0 Å². The fraction of sp³-hybridized carbons (Fsp3) is 1.00. The van der Waals surface area contributed by atoms with Crippen LogP contribution in [-0.4, -0.2) is 44.0 Å². The normalized spacial score (nSPS) is 23.8. The predicted octanol–water partition coefficient (Wildman–Crippen LogP) is 1.48. The second-order valence-corrected chi connectivity index (χ2v) is 3.44. The fourth-order valence-corrected chi connectivity index (χ4v) is 1.66. The standard InChI is InChI=1S/C10H21NO2/c1-3-5-11(6-4-2)10-9-12-7-8-13-10/h10H,3-9H2,1-2H3. The van der Waals surface area contributed by atoms with Crippen molar-refractivity contribution in [2.75, 3.05) is 32.9 Å². The first-order valence-corrected chi connectivity index (χ1v) is 5.31. The van der Waals surface area contributed by atoms with E-state index in [0.29, 0.717) is 0 Å². The van der Waals surface area contributed by atoms with E-state index in [1.807, 2.05) is 0 Å². The Morgan fingerprint density at radius 1 is 1.15 bits per heavy atom. The summed E-state index contributed by atoms with van der Waals surface area (Å²) in [7, 11) is 0. The Kier molecular flexibility index (Phi) is 5.35. The molecule has 0 N–H and O–H groups in total. The lowest BCUT2D eigenvalue weighted by Gasteiger charge is -2.33. The number of nitrogens with zero attached hydrogens (tertiary/aromatic N) is 1. The van der Waals surface area contributed by atoms with Gasteiger partial charge in [-0.3, -0.25) is 4.90 Å². The minimum Gasteiger partial charge on any atom is -0.375 e. The van der Waals surface area contributed by atoms with Gasteiger partial charge in [0.25, 0.3) is 0 Å². The third-order valence-corrected chi connectivity index (χ3v) is 2.23. The number of ether oxygens (including phenoxy) is 2. The lowest BCUT2D eigenvalue weighted by molar-refractivity contribution is -0.154. The molecule has 0 aromatic carbocycles. The van der Waals surface area contributed by atoms with Gasteiger partial charge in [0, 0.05) is 13.1 Å². The summed E-state index contributed by atoms with van der Waals surface area (Å²) in [6.07, 6.45) is 2.56. The monoisotopic (exact) mass is 187 g/mol. The topological polar surface area (TPSA) is 21.7 Å². The van der Waals surface area contributed by atoms with Crippen molar-refractivity contribution >= 4 is 0 Å². The first kappa shape index (κ1) is 11.0. The lowest BCUT2D eigenvalue weighted by atomic mass is 10.3. The van der Waals surface area contributed by atoms with Gasteiger partial charge in [-0.15, -0.1) is 0 Å². The molecular formula is C10H21NO2. The Bertz CT molecular complexity index is 118. The van der Waals surface area contributed by atoms with E-state index in [-0.39, 0.29) is 6.23 Å². The summed E-state index contributed by atoms with van der Waals surface area (Å²) in [4.78, 5) is 2.37. The van der Waals surface area contributed by atoms with Crippen molar-refractivity contribution in [3.8, 4) is 0 Å². The third-order valence-electron chi connectivity index (χ3n) is 2.23. The molecule has 1 heterocycles. The summed E-state index contributed by atoms with van der Waals surface area (Å²) in [5, 5.41) is 0. The average molecular weight is 187 g/mol. The summed E-state index contributed by atoms with van der Waals surface area (Å²) in [5.74, 6) is 0. The second-order valence-electron chi connectivity index (χ2n) is 3.44. The minimum absolute atomic E-state index is 0.202. The van der Waals surface area contributed by atoms with Gasteiger partial charge in [-0.05, 0) is 12.8 Å². The second kappa shape index (κ2) is 6.35. The van der Waals surface area contributed by atoms with E-state index in [2.05, 4.69) is 18.7 Å². The molecule has 1 unspecified atom stereocenters. The Hall–Kier alpha value is -0.120. The third kappa shape index (κ3) is 3.63. The Balaban J connectivity index is 2.32. The molecule has 0 aromatic heterocycles. The smallest absolute Gasteiger partial charge is 0.134 e. The summed E-state index contributed by atoms with van der Waals surface area (Å²) in [6.45, 7) is 8.86. The Morgan fingerprint density at radius 2 is 1.85 bits per heavy atom. The van der Waals surface area contributed by atoms with Gasteiger partial charge in [0.2, 0.25) is 0 Å². The molecule has 1 aliphatic rings. The van der Waals surface area contributed by atoms with E-state index < -0.39 is 0 Å². The van der Waals surface area contributed by atoms with Gasteiger partial charge in [-0.25, -0.2) is 0 Å². The van der Waals surface area contributed by atoms with Crippen molar-refractivity contribution in [1.82, 2.24) is 4.90 Å².